The lowest BCUT2D eigenvalue weighted by Crippen LogP contribution is -2.54. The molecule has 0 bridgehead atoms. The molecule has 0 spiro atoms. The molecule has 1 saturated heterocycles. The summed E-state index contributed by atoms with van der Waals surface area (Å²) in [5.41, 5.74) is 0.397. The van der Waals surface area contributed by atoms with Gasteiger partial charge >= 0.3 is 6.09 Å². The van der Waals surface area contributed by atoms with E-state index in [2.05, 4.69) is 23.2 Å². The van der Waals surface area contributed by atoms with E-state index >= 15 is 0 Å². The van der Waals surface area contributed by atoms with Crippen LogP contribution in [0.4, 0.5) is 10.5 Å². The van der Waals surface area contributed by atoms with E-state index in [0.717, 1.165) is 37.4 Å². The number of hydrogen-bond donors (Lipinski definition) is 1. The van der Waals surface area contributed by atoms with Crippen LogP contribution in [0.2, 0.25) is 0 Å². The summed E-state index contributed by atoms with van der Waals surface area (Å²) >= 11 is 0. The Hall–Kier alpha value is -1.91. The van der Waals surface area contributed by atoms with Crippen molar-refractivity contribution in [2.45, 2.75) is 51.7 Å². The highest BCUT2D eigenvalue weighted by molar-refractivity contribution is 5.69. The monoisotopic (exact) mass is 320 g/mol. The van der Waals surface area contributed by atoms with Gasteiger partial charge in [0.1, 0.15) is 11.4 Å². The zero-order chi connectivity index (χ0) is 17.1. The van der Waals surface area contributed by atoms with Gasteiger partial charge in [-0.3, -0.25) is 0 Å². The highest BCUT2D eigenvalue weighted by Crippen LogP contribution is 2.32. The predicted molar refractivity (Wildman–Crippen MR) is 92.2 cm³/mol. The number of benzene rings is 1. The molecule has 1 aliphatic heterocycles. The van der Waals surface area contributed by atoms with E-state index in [0.29, 0.717) is 0 Å². The van der Waals surface area contributed by atoms with Gasteiger partial charge in [-0.15, -0.1) is 0 Å². The van der Waals surface area contributed by atoms with Crippen LogP contribution in [0.15, 0.2) is 24.3 Å². The molecule has 1 heterocycles. The Bertz CT molecular complexity index is 543. The Kier molecular flexibility index (Phi) is 5.07. The van der Waals surface area contributed by atoms with Crippen LogP contribution in [0, 0.1) is 0 Å². The van der Waals surface area contributed by atoms with Crippen molar-refractivity contribution in [3.05, 3.63) is 24.3 Å². The average Bonchev–Trinajstić information content (AvgIpc) is 2.45. The van der Waals surface area contributed by atoms with Crippen molar-refractivity contribution in [2.24, 2.45) is 0 Å². The molecule has 0 unspecified atom stereocenters. The van der Waals surface area contributed by atoms with Crippen LogP contribution in [0.3, 0.4) is 0 Å². The number of hydrogen-bond acceptors (Lipinski definition) is 4. The number of nitrogens with zero attached hydrogens (tertiary/aromatic N) is 1. The summed E-state index contributed by atoms with van der Waals surface area (Å²) < 4.78 is 10.8. The molecule has 1 aliphatic rings. The Balaban J connectivity index is 1.96. The molecule has 23 heavy (non-hydrogen) atoms. The zero-order valence-electron chi connectivity index (χ0n) is 14.8. The minimum Gasteiger partial charge on any atom is -0.495 e. The van der Waals surface area contributed by atoms with Gasteiger partial charge in [0.2, 0.25) is 0 Å². The van der Waals surface area contributed by atoms with Gasteiger partial charge in [-0.2, -0.15) is 0 Å². The standard InChI is InChI=1S/C18H28N2O3/c1-17(2,3)23-16(21)19-18(4)10-12-20(13-11-18)14-8-6-7-9-15(14)22-5/h6-9H,10-13H2,1-5H3,(H,19,21). The van der Waals surface area contributed by atoms with Crippen molar-refractivity contribution in [2.75, 3.05) is 25.1 Å². The molecule has 128 valence electrons. The second-order valence-electron chi connectivity index (χ2n) is 7.35. The van der Waals surface area contributed by atoms with Crippen molar-refractivity contribution < 1.29 is 14.3 Å². The molecule has 1 aromatic rings. The van der Waals surface area contributed by atoms with Crippen LogP contribution >= 0.6 is 0 Å². The Morgan fingerprint density at radius 3 is 2.39 bits per heavy atom. The van der Waals surface area contributed by atoms with Gasteiger partial charge in [-0.25, -0.2) is 4.79 Å². The van der Waals surface area contributed by atoms with E-state index in [1.165, 1.54) is 0 Å². The van der Waals surface area contributed by atoms with Crippen LogP contribution < -0.4 is 15.0 Å². The molecule has 0 aliphatic carbocycles. The lowest BCUT2D eigenvalue weighted by molar-refractivity contribution is 0.0448. The molecule has 1 N–H and O–H groups in total. The van der Waals surface area contributed by atoms with E-state index in [1.807, 2.05) is 39.0 Å². The molecule has 1 amide bonds. The maximum atomic E-state index is 12.0. The lowest BCUT2D eigenvalue weighted by atomic mass is 9.89. The van der Waals surface area contributed by atoms with Gasteiger partial charge in [-0.1, -0.05) is 12.1 Å². The number of anilines is 1. The largest absolute Gasteiger partial charge is 0.495 e. The molecule has 1 aromatic carbocycles. The predicted octanol–water partition coefficient (Wildman–Crippen LogP) is 3.58. The van der Waals surface area contributed by atoms with Gasteiger partial charge in [0.15, 0.2) is 0 Å². The van der Waals surface area contributed by atoms with Crippen LogP contribution in [-0.2, 0) is 4.74 Å². The third-order valence-corrected chi connectivity index (χ3v) is 4.10. The van der Waals surface area contributed by atoms with E-state index in [4.69, 9.17) is 9.47 Å². The normalized spacial score (nSPS) is 17.5. The fraction of sp³-hybridized carbons (Fsp3) is 0.611. The topological polar surface area (TPSA) is 50.8 Å². The molecule has 0 saturated carbocycles. The second kappa shape index (κ2) is 6.69. The molecular weight excluding hydrogens is 292 g/mol. The highest BCUT2D eigenvalue weighted by atomic mass is 16.6. The van der Waals surface area contributed by atoms with Crippen LogP contribution in [0.1, 0.15) is 40.5 Å². The number of rotatable bonds is 3. The minimum absolute atomic E-state index is 0.235. The molecular formula is C18H28N2O3. The van der Waals surface area contributed by atoms with Crippen LogP contribution in [0.25, 0.3) is 0 Å². The third-order valence-electron chi connectivity index (χ3n) is 4.10. The summed E-state index contributed by atoms with van der Waals surface area (Å²) in [5.74, 6) is 0.885. The number of piperidine rings is 1. The van der Waals surface area contributed by atoms with Gasteiger partial charge < -0.3 is 19.7 Å². The zero-order valence-corrected chi connectivity index (χ0v) is 14.8. The highest BCUT2D eigenvalue weighted by Gasteiger charge is 2.33. The number of para-hydroxylation sites is 2. The molecule has 5 nitrogen and oxygen atoms in total. The number of carbonyl (C=O) groups is 1. The first-order chi connectivity index (χ1) is 10.7. The number of carbonyl (C=O) groups excluding carboxylic acids is 1. The minimum atomic E-state index is -0.474. The van der Waals surface area contributed by atoms with Crippen molar-refractivity contribution in [3.63, 3.8) is 0 Å². The Morgan fingerprint density at radius 1 is 1.22 bits per heavy atom. The van der Waals surface area contributed by atoms with E-state index in [-0.39, 0.29) is 11.6 Å². The average molecular weight is 320 g/mol. The summed E-state index contributed by atoms with van der Waals surface area (Å²) in [7, 11) is 1.69. The summed E-state index contributed by atoms with van der Waals surface area (Å²) in [4.78, 5) is 14.3. The Labute approximate surface area is 139 Å². The maximum absolute atomic E-state index is 12.0. The molecule has 0 aromatic heterocycles. The van der Waals surface area contributed by atoms with E-state index in [9.17, 15) is 4.79 Å². The molecule has 0 radical (unpaired) electrons. The summed E-state index contributed by atoms with van der Waals surface area (Å²) in [6, 6.07) is 8.04. The van der Waals surface area contributed by atoms with Gasteiger partial charge in [-0.05, 0) is 52.7 Å². The van der Waals surface area contributed by atoms with E-state index in [1.54, 1.807) is 7.11 Å². The second-order valence-corrected chi connectivity index (χ2v) is 7.35. The third kappa shape index (κ3) is 4.78. The first-order valence-corrected chi connectivity index (χ1v) is 8.12. The number of ether oxygens (including phenoxy) is 2. The van der Waals surface area contributed by atoms with Crippen molar-refractivity contribution >= 4 is 11.8 Å². The SMILES string of the molecule is COc1ccccc1N1CCC(C)(NC(=O)OC(C)(C)C)CC1. The van der Waals surface area contributed by atoms with Gasteiger partial charge in [0.05, 0.1) is 12.8 Å². The molecule has 0 atom stereocenters. The fourth-order valence-electron chi connectivity index (χ4n) is 2.81. The first kappa shape index (κ1) is 17.4. The fourth-order valence-corrected chi connectivity index (χ4v) is 2.81. The number of methoxy groups -OCH3 is 1. The molecule has 1 fully saturated rings. The van der Waals surface area contributed by atoms with Gasteiger partial charge in [0, 0.05) is 18.6 Å². The summed E-state index contributed by atoms with van der Waals surface area (Å²) in [5, 5.41) is 3.03. The van der Waals surface area contributed by atoms with Crippen molar-refractivity contribution in [1.82, 2.24) is 5.32 Å². The molecule has 5 heteroatoms. The lowest BCUT2D eigenvalue weighted by Gasteiger charge is -2.41. The number of alkyl carbamates (subject to hydrolysis) is 1. The first-order valence-electron chi connectivity index (χ1n) is 8.12. The quantitative estimate of drug-likeness (QED) is 0.925. The molecule has 2 rings (SSSR count). The van der Waals surface area contributed by atoms with Crippen molar-refractivity contribution in [3.8, 4) is 5.75 Å². The van der Waals surface area contributed by atoms with E-state index < -0.39 is 5.60 Å². The summed E-state index contributed by atoms with van der Waals surface area (Å²) in [6.07, 6.45) is 1.39. The van der Waals surface area contributed by atoms with Crippen molar-refractivity contribution in [1.29, 1.82) is 0 Å². The summed E-state index contributed by atoms with van der Waals surface area (Å²) in [6.45, 7) is 9.44. The number of amides is 1. The smallest absolute Gasteiger partial charge is 0.408 e. The van der Waals surface area contributed by atoms with Crippen LogP contribution in [0.5, 0.6) is 5.75 Å². The van der Waals surface area contributed by atoms with Gasteiger partial charge in [0.25, 0.3) is 0 Å². The maximum Gasteiger partial charge on any atom is 0.408 e. The van der Waals surface area contributed by atoms with Crippen LogP contribution in [-0.4, -0.2) is 37.4 Å². The number of nitrogens with one attached hydrogen (secondary N) is 1. The Morgan fingerprint density at radius 2 is 1.83 bits per heavy atom.